The Kier molecular flexibility index (Phi) is 4.75. The van der Waals surface area contributed by atoms with E-state index < -0.39 is 23.8 Å². The summed E-state index contributed by atoms with van der Waals surface area (Å²) in [5.74, 6) is -4.27. The molecule has 0 bridgehead atoms. The fraction of sp³-hybridized carbons (Fsp3) is 0.0435. The van der Waals surface area contributed by atoms with Crippen LogP contribution in [0, 0.1) is 0 Å². The number of carboxylic acid groups (broad SMARTS) is 2. The first-order chi connectivity index (χ1) is 14.8. The van der Waals surface area contributed by atoms with E-state index in [9.17, 15) is 29.4 Å². The van der Waals surface area contributed by atoms with Gasteiger partial charge in [0.1, 0.15) is 11.3 Å². The summed E-state index contributed by atoms with van der Waals surface area (Å²) in [7, 11) is 0. The third kappa shape index (κ3) is 3.29. The molecule has 1 aliphatic heterocycles. The van der Waals surface area contributed by atoms with Crippen molar-refractivity contribution < 1.29 is 34.5 Å². The van der Waals surface area contributed by atoms with Gasteiger partial charge in [-0.15, -0.1) is 0 Å². The van der Waals surface area contributed by atoms with Crippen LogP contribution in [0.5, 0.6) is 5.75 Å². The lowest BCUT2D eigenvalue weighted by atomic mass is 10.0. The van der Waals surface area contributed by atoms with Gasteiger partial charge in [-0.25, -0.2) is 14.5 Å². The van der Waals surface area contributed by atoms with Crippen molar-refractivity contribution in [3.8, 4) is 5.75 Å². The second kappa shape index (κ2) is 7.42. The van der Waals surface area contributed by atoms with Gasteiger partial charge in [-0.2, -0.15) is 0 Å². The lowest BCUT2D eigenvalue weighted by Crippen LogP contribution is -2.29. The lowest BCUT2D eigenvalue weighted by Gasteiger charge is -2.15. The van der Waals surface area contributed by atoms with Gasteiger partial charge in [-0.05, 0) is 41.5 Å². The Morgan fingerprint density at radius 3 is 2.16 bits per heavy atom. The van der Waals surface area contributed by atoms with E-state index in [4.69, 9.17) is 5.11 Å². The molecule has 3 aromatic carbocycles. The third-order valence-corrected chi connectivity index (χ3v) is 5.06. The van der Waals surface area contributed by atoms with Crippen LogP contribution >= 0.6 is 0 Å². The van der Waals surface area contributed by atoms with Crippen LogP contribution in [0.4, 0.5) is 5.69 Å². The van der Waals surface area contributed by atoms with Gasteiger partial charge in [0, 0.05) is 6.42 Å². The van der Waals surface area contributed by atoms with Gasteiger partial charge < -0.3 is 15.3 Å². The Morgan fingerprint density at radius 2 is 1.45 bits per heavy atom. The molecule has 0 unspecified atom stereocenters. The molecule has 1 aliphatic rings. The molecule has 0 saturated carbocycles. The molecule has 3 N–H and O–H groups in total. The molecule has 154 valence electrons. The molecular formula is C23H15NO7. The number of para-hydroxylation sites is 1. The first-order valence-corrected chi connectivity index (χ1v) is 9.17. The summed E-state index contributed by atoms with van der Waals surface area (Å²) in [6.07, 6.45) is 0.157. The standard InChI is InChI=1S/C23H15NO7/c25-19-13(5-2-9-17(19)23(30)31)10-12-4-1-6-14(11-12)24-20(26)15-7-3-8-16(22(28)29)18(15)21(24)27/h1-9,11,25H,10H2,(H,28,29)(H,30,31). The smallest absolute Gasteiger partial charge is 0.339 e. The second-order valence-corrected chi connectivity index (χ2v) is 6.94. The number of anilines is 1. The first kappa shape index (κ1) is 19.8. The highest BCUT2D eigenvalue weighted by Gasteiger charge is 2.39. The van der Waals surface area contributed by atoms with Crippen LogP contribution in [-0.4, -0.2) is 39.1 Å². The number of fused-ring (bicyclic) bond motifs is 1. The summed E-state index contributed by atoms with van der Waals surface area (Å²) >= 11 is 0. The normalized spacial score (nSPS) is 12.7. The Labute approximate surface area is 175 Å². The van der Waals surface area contributed by atoms with Gasteiger partial charge in [0.25, 0.3) is 11.8 Å². The topological polar surface area (TPSA) is 132 Å². The molecule has 1 heterocycles. The molecule has 4 rings (SSSR count). The maximum absolute atomic E-state index is 12.9. The van der Waals surface area contributed by atoms with Gasteiger partial charge in [0.15, 0.2) is 0 Å². The van der Waals surface area contributed by atoms with Crippen molar-refractivity contribution in [2.45, 2.75) is 6.42 Å². The summed E-state index contributed by atoms with van der Waals surface area (Å²) < 4.78 is 0. The SMILES string of the molecule is O=C(O)c1cccc(Cc2cccc(N3C(=O)c4cccc(C(=O)O)c4C3=O)c2)c1O. The zero-order valence-corrected chi connectivity index (χ0v) is 15.9. The lowest BCUT2D eigenvalue weighted by molar-refractivity contribution is 0.0683. The van der Waals surface area contributed by atoms with Gasteiger partial charge >= 0.3 is 11.9 Å². The van der Waals surface area contributed by atoms with Gasteiger partial charge in [0.05, 0.1) is 22.4 Å². The monoisotopic (exact) mass is 417 g/mol. The number of carboxylic acids is 2. The molecule has 31 heavy (non-hydrogen) atoms. The number of amides is 2. The van der Waals surface area contributed by atoms with E-state index in [0.717, 1.165) is 4.90 Å². The molecule has 0 fully saturated rings. The number of carbonyl (C=O) groups is 4. The highest BCUT2D eigenvalue weighted by Crippen LogP contribution is 2.32. The summed E-state index contributed by atoms with van der Waals surface area (Å²) in [6, 6.07) is 14.9. The van der Waals surface area contributed by atoms with Crippen molar-refractivity contribution in [3.63, 3.8) is 0 Å². The minimum Gasteiger partial charge on any atom is -0.507 e. The molecular weight excluding hydrogens is 402 g/mol. The van der Waals surface area contributed by atoms with Crippen LogP contribution in [0.3, 0.4) is 0 Å². The quantitative estimate of drug-likeness (QED) is 0.543. The van der Waals surface area contributed by atoms with Crippen LogP contribution in [-0.2, 0) is 6.42 Å². The van der Waals surface area contributed by atoms with Gasteiger partial charge in [-0.1, -0.05) is 30.3 Å². The Morgan fingerprint density at radius 1 is 0.806 bits per heavy atom. The number of rotatable bonds is 5. The fourth-order valence-electron chi connectivity index (χ4n) is 3.63. The number of phenols is 1. The number of hydrogen-bond donors (Lipinski definition) is 3. The Bertz CT molecular complexity index is 1280. The Hall–Kier alpha value is -4.46. The summed E-state index contributed by atoms with van der Waals surface area (Å²) in [4.78, 5) is 49.4. The average Bonchev–Trinajstić information content (AvgIpc) is 3.00. The molecule has 8 nitrogen and oxygen atoms in total. The minimum absolute atomic E-state index is 0.0158. The number of aromatic hydroxyl groups is 1. The molecule has 0 aliphatic carbocycles. The number of carbonyl (C=O) groups excluding carboxylic acids is 2. The van der Waals surface area contributed by atoms with Gasteiger partial charge in [-0.3, -0.25) is 9.59 Å². The maximum atomic E-state index is 12.9. The zero-order valence-electron chi connectivity index (χ0n) is 15.9. The highest BCUT2D eigenvalue weighted by atomic mass is 16.4. The predicted octanol–water partition coefficient (Wildman–Crippen LogP) is 3.18. The molecule has 0 spiro atoms. The van der Waals surface area contributed by atoms with Crippen molar-refractivity contribution in [1.29, 1.82) is 0 Å². The number of nitrogens with zero attached hydrogens (tertiary/aromatic N) is 1. The number of hydrogen-bond acceptors (Lipinski definition) is 5. The van der Waals surface area contributed by atoms with Crippen molar-refractivity contribution in [3.05, 3.63) is 94.0 Å². The van der Waals surface area contributed by atoms with E-state index in [1.807, 2.05) is 0 Å². The van der Waals surface area contributed by atoms with Crippen molar-refractivity contribution in [2.24, 2.45) is 0 Å². The number of benzene rings is 3. The third-order valence-electron chi connectivity index (χ3n) is 5.06. The molecule has 0 saturated heterocycles. The predicted molar refractivity (Wildman–Crippen MR) is 109 cm³/mol. The zero-order chi connectivity index (χ0) is 22.3. The molecule has 0 aromatic heterocycles. The molecule has 0 radical (unpaired) electrons. The van der Waals surface area contributed by atoms with E-state index >= 15 is 0 Å². The van der Waals surface area contributed by atoms with E-state index in [-0.39, 0.29) is 40.1 Å². The van der Waals surface area contributed by atoms with E-state index in [1.54, 1.807) is 30.3 Å². The van der Waals surface area contributed by atoms with Crippen molar-refractivity contribution in [2.75, 3.05) is 4.90 Å². The molecule has 0 atom stereocenters. The van der Waals surface area contributed by atoms with E-state index in [2.05, 4.69) is 0 Å². The minimum atomic E-state index is -1.30. The Balaban J connectivity index is 1.70. The first-order valence-electron chi connectivity index (χ1n) is 9.17. The van der Waals surface area contributed by atoms with Crippen LogP contribution in [0.2, 0.25) is 0 Å². The van der Waals surface area contributed by atoms with Crippen LogP contribution in [0.25, 0.3) is 0 Å². The molecule has 2 amide bonds. The highest BCUT2D eigenvalue weighted by molar-refractivity contribution is 6.36. The summed E-state index contributed by atoms with van der Waals surface area (Å²) in [5, 5.41) is 28.8. The van der Waals surface area contributed by atoms with Crippen LogP contribution in [0.1, 0.15) is 52.6 Å². The van der Waals surface area contributed by atoms with Crippen LogP contribution < -0.4 is 4.90 Å². The fourth-order valence-corrected chi connectivity index (χ4v) is 3.63. The summed E-state index contributed by atoms with van der Waals surface area (Å²) in [6.45, 7) is 0. The van der Waals surface area contributed by atoms with E-state index in [1.165, 1.54) is 30.3 Å². The molecule has 8 heteroatoms. The van der Waals surface area contributed by atoms with Crippen molar-refractivity contribution >= 4 is 29.4 Å². The number of aromatic carboxylic acids is 2. The molecule has 3 aromatic rings. The average molecular weight is 417 g/mol. The van der Waals surface area contributed by atoms with Crippen LogP contribution in [0.15, 0.2) is 60.7 Å². The maximum Gasteiger partial charge on any atom is 0.339 e. The van der Waals surface area contributed by atoms with Crippen molar-refractivity contribution in [1.82, 2.24) is 0 Å². The van der Waals surface area contributed by atoms with Gasteiger partial charge in [0.2, 0.25) is 0 Å². The van der Waals surface area contributed by atoms with E-state index in [0.29, 0.717) is 11.1 Å². The number of imide groups is 1. The largest absolute Gasteiger partial charge is 0.507 e. The summed E-state index contributed by atoms with van der Waals surface area (Å²) in [5.41, 5.74) is 0.617. The second-order valence-electron chi connectivity index (χ2n) is 6.94.